The standard InChI is InChI=1S/C9H10F2O/c1-6-3-8(12-5-10)4-7(2)9(6)11/h3-4H,5H2,1-2H3. The van der Waals surface area contributed by atoms with Gasteiger partial charge in [0.05, 0.1) is 0 Å². The summed E-state index contributed by atoms with van der Waals surface area (Å²) in [5.41, 5.74) is 0.942. The Labute approximate surface area is 70.0 Å². The summed E-state index contributed by atoms with van der Waals surface area (Å²) in [5, 5.41) is 0. The summed E-state index contributed by atoms with van der Waals surface area (Å²) < 4.78 is 29.3. The minimum Gasteiger partial charge on any atom is -0.463 e. The highest BCUT2D eigenvalue weighted by atomic mass is 19.1. The molecule has 0 heterocycles. The Balaban J connectivity index is 3.04. The average molecular weight is 172 g/mol. The molecule has 0 atom stereocenters. The Hall–Kier alpha value is -1.12. The molecule has 0 N–H and O–H groups in total. The van der Waals surface area contributed by atoms with E-state index in [4.69, 9.17) is 0 Å². The van der Waals surface area contributed by atoms with E-state index in [9.17, 15) is 8.78 Å². The largest absolute Gasteiger partial charge is 0.463 e. The van der Waals surface area contributed by atoms with Gasteiger partial charge in [-0.3, -0.25) is 0 Å². The molecular weight excluding hydrogens is 162 g/mol. The van der Waals surface area contributed by atoms with Crippen molar-refractivity contribution < 1.29 is 13.5 Å². The van der Waals surface area contributed by atoms with Crippen LogP contribution in [-0.2, 0) is 0 Å². The lowest BCUT2D eigenvalue weighted by atomic mass is 10.1. The molecule has 66 valence electrons. The molecule has 0 saturated heterocycles. The minimum absolute atomic E-state index is 0.263. The molecule has 0 aliphatic carbocycles. The van der Waals surface area contributed by atoms with Crippen molar-refractivity contribution in [2.75, 3.05) is 6.86 Å². The van der Waals surface area contributed by atoms with Crippen LogP contribution in [0.25, 0.3) is 0 Å². The second-order valence-electron chi connectivity index (χ2n) is 2.62. The van der Waals surface area contributed by atoms with E-state index >= 15 is 0 Å². The van der Waals surface area contributed by atoms with Crippen LogP contribution in [-0.4, -0.2) is 6.86 Å². The molecule has 0 radical (unpaired) electrons. The van der Waals surface area contributed by atoms with Crippen LogP contribution in [0.3, 0.4) is 0 Å². The van der Waals surface area contributed by atoms with Crippen LogP contribution in [0.4, 0.5) is 8.78 Å². The van der Waals surface area contributed by atoms with Crippen molar-refractivity contribution in [2.45, 2.75) is 13.8 Å². The molecule has 1 nitrogen and oxygen atoms in total. The molecule has 0 saturated carbocycles. The summed E-state index contributed by atoms with van der Waals surface area (Å²) in [5.74, 6) is 0.107. The van der Waals surface area contributed by atoms with Crippen molar-refractivity contribution in [1.29, 1.82) is 0 Å². The number of hydrogen-bond acceptors (Lipinski definition) is 1. The molecule has 0 amide bonds. The maximum atomic E-state index is 13.0. The van der Waals surface area contributed by atoms with E-state index in [1.165, 1.54) is 12.1 Å². The summed E-state index contributed by atoms with van der Waals surface area (Å²) >= 11 is 0. The van der Waals surface area contributed by atoms with Gasteiger partial charge in [-0.15, -0.1) is 0 Å². The predicted octanol–water partition coefficient (Wildman–Crippen LogP) is 2.75. The predicted molar refractivity (Wildman–Crippen MR) is 42.5 cm³/mol. The number of alkyl halides is 1. The van der Waals surface area contributed by atoms with Crippen molar-refractivity contribution in [3.05, 3.63) is 29.1 Å². The number of ether oxygens (including phenoxy) is 1. The lowest BCUT2D eigenvalue weighted by molar-refractivity contribution is 0.191. The zero-order valence-electron chi connectivity index (χ0n) is 7.03. The van der Waals surface area contributed by atoms with Gasteiger partial charge in [0.25, 0.3) is 0 Å². The van der Waals surface area contributed by atoms with Gasteiger partial charge in [0, 0.05) is 0 Å². The monoisotopic (exact) mass is 172 g/mol. The molecule has 0 aliphatic rings. The van der Waals surface area contributed by atoms with Gasteiger partial charge in [-0.2, -0.15) is 0 Å². The van der Waals surface area contributed by atoms with E-state index in [-0.39, 0.29) is 5.82 Å². The maximum absolute atomic E-state index is 13.0. The van der Waals surface area contributed by atoms with E-state index < -0.39 is 6.86 Å². The highest BCUT2D eigenvalue weighted by Crippen LogP contribution is 2.20. The molecule has 0 bridgehead atoms. The van der Waals surface area contributed by atoms with Crippen molar-refractivity contribution >= 4 is 0 Å². The second kappa shape index (κ2) is 3.52. The quantitative estimate of drug-likeness (QED) is 0.666. The topological polar surface area (TPSA) is 9.23 Å². The first-order chi connectivity index (χ1) is 5.65. The van der Waals surface area contributed by atoms with Gasteiger partial charge < -0.3 is 4.74 Å². The third-order valence-corrected chi connectivity index (χ3v) is 1.63. The molecule has 3 heteroatoms. The first kappa shape index (κ1) is 8.97. The Morgan fingerprint density at radius 2 is 1.75 bits per heavy atom. The van der Waals surface area contributed by atoms with Crippen LogP contribution in [0, 0.1) is 19.7 Å². The number of halogens is 2. The highest BCUT2D eigenvalue weighted by molar-refractivity contribution is 5.34. The summed E-state index contributed by atoms with van der Waals surface area (Å²) in [6.45, 7) is 2.35. The summed E-state index contributed by atoms with van der Waals surface area (Å²) in [6, 6.07) is 2.95. The Bertz CT molecular complexity index is 261. The Morgan fingerprint density at radius 1 is 1.25 bits per heavy atom. The van der Waals surface area contributed by atoms with E-state index in [1.807, 2.05) is 0 Å². The number of hydrogen-bond donors (Lipinski definition) is 0. The van der Waals surface area contributed by atoms with Crippen LogP contribution in [0.2, 0.25) is 0 Å². The summed E-state index contributed by atoms with van der Waals surface area (Å²) in [4.78, 5) is 0. The zero-order valence-corrected chi connectivity index (χ0v) is 7.03. The molecule has 0 aromatic heterocycles. The SMILES string of the molecule is Cc1cc(OCF)cc(C)c1F. The minimum atomic E-state index is -0.884. The molecule has 1 rings (SSSR count). The summed E-state index contributed by atoms with van der Waals surface area (Å²) in [6.07, 6.45) is 0. The van der Waals surface area contributed by atoms with Gasteiger partial charge >= 0.3 is 0 Å². The molecule has 0 unspecified atom stereocenters. The molecule has 0 spiro atoms. The Kier molecular flexibility index (Phi) is 2.63. The normalized spacial score (nSPS) is 10.0. The Morgan fingerprint density at radius 3 is 2.17 bits per heavy atom. The molecule has 1 aromatic rings. The molecule has 0 fully saturated rings. The fourth-order valence-electron chi connectivity index (χ4n) is 1.05. The van der Waals surface area contributed by atoms with Crippen molar-refractivity contribution in [2.24, 2.45) is 0 Å². The van der Waals surface area contributed by atoms with E-state index in [2.05, 4.69) is 4.74 Å². The number of aryl methyl sites for hydroxylation is 2. The molecule has 0 aliphatic heterocycles. The highest BCUT2D eigenvalue weighted by Gasteiger charge is 2.04. The second-order valence-corrected chi connectivity index (χ2v) is 2.62. The van der Waals surface area contributed by atoms with E-state index in [1.54, 1.807) is 13.8 Å². The van der Waals surface area contributed by atoms with Gasteiger partial charge in [0.1, 0.15) is 11.6 Å². The van der Waals surface area contributed by atoms with Crippen LogP contribution >= 0.6 is 0 Å². The van der Waals surface area contributed by atoms with Crippen LogP contribution in [0.1, 0.15) is 11.1 Å². The smallest absolute Gasteiger partial charge is 0.228 e. The first-order valence-corrected chi connectivity index (χ1v) is 3.60. The first-order valence-electron chi connectivity index (χ1n) is 3.60. The lowest BCUT2D eigenvalue weighted by Crippen LogP contribution is -1.94. The van der Waals surface area contributed by atoms with Crippen LogP contribution in [0.5, 0.6) is 5.75 Å². The van der Waals surface area contributed by atoms with E-state index in [0.29, 0.717) is 16.9 Å². The van der Waals surface area contributed by atoms with Gasteiger partial charge in [-0.05, 0) is 37.1 Å². The van der Waals surface area contributed by atoms with Gasteiger partial charge in [0.2, 0.25) is 6.86 Å². The fourth-order valence-corrected chi connectivity index (χ4v) is 1.05. The van der Waals surface area contributed by atoms with Crippen molar-refractivity contribution in [3.63, 3.8) is 0 Å². The van der Waals surface area contributed by atoms with Gasteiger partial charge in [0.15, 0.2) is 0 Å². The van der Waals surface area contributed by atoms with Gasteiger partial charge in [-0.25, -0.2) is 8.78 Å². The third-order valence-electron chi connectivity index (χ3n) is 1.63. The number of benzene rings is 1. The maximum Gasteiger partial charge on any atom is 0.228 e. The molecule has 12 heavy (non-hydrogen) atoms. The van der Waals surface area contributed by atoms with Crippen molar-refractivity contribution in [3.8, 4) is 5.75 Å². The molecule has 1 aromatic carbocycles. The zero-order chi connectivity index (χ0) is 9.14. The average Bonchev–Trinajstić information content (AvgIpc) is 2.01. The third kappa shape index (κ3) is 1.72. The van der Waals surface area contributed by atoms with Crippen LogP contribution < -0.4 is 4.74 Å². The van der Waals surface area contributed by atoms with E-state index in [0.717, 1.165) is 0 Å². The van der Waals surface area contributed by atoms with Gasteiger partial charge in [-0.1, -0.05) is 0 Å². The lowest BCUT2D eigenvalue weighted by Gasteiger charge is -2.05. The van der Waals surface area contributed by atoms with Crippen molar-refractivity contribution in [1.82, 2.24) is 0 Å². The number of rotatable bonds is 2. The van der Waals surface area contributed by atoms with Crippen LogP contribution in [0.15, 0.2) is 12.1 Å². The molecular formula is C9H10F2O. The fraction of sp³-hybridized carbons (Fsp3) is 0.333. The summed E-state index contributed by atoms with van der Waals surface area (Å²) in [7, 11) is 0.